The molecule has 0 aliphatic carbocycles. The minimum atomic E-state index is 0.0972. The first kappa shape index (κ1) is 16.1. The molecule has 0 saturated heterocycles. The molecule has 1 aromatic carbocycles. The van der Waals surface area contributed by atoms with Gasteiger partial charge in [0.15, 0.2) is 0 Å². The predicted molar refractivity (Wildman–Crippen MR) is 94.2 cm³/mol. The minimum Gasteiger partial charge on any atom is -0.495 e. The van der Waals surface area contributed by atoms with Crippen molar-refractivity contribution in [1.82, 2.24) is 9.97 Å². The first-order chi connectivity index (χ1) is 11.6. The minimum absolute atomic E-state index is 0.0972. The van der Waals surface area contributed by atoms with Crippen LogP contribution in [0.25, 0.3) is 11.5 Å². The van der Waals surface area contributed by atoms with Crippen LogP contribution in [-0.4, -0.2) is 17.1 Å². The number of oxazole rings is 1. The van der Waals surface area contributed by atoms with E-state index in [0.29, 0.717) is 5.89 Å². The van der Waals surface area contributed by atoms with Gasteiger partial charge in [-0.15, -0.1) is 0 Å². The highest BCUT2D eigenvalue weighted by Crippen LogP contribution is 2.28. The maximum Gasteiger partial charge on any atom is 0.226 e. The summed E-state index contributed by atoms with van der Waals surface area (Å²) in [5.41, 5.74) is 3.97. The molecule has 0 amide bonds. The Morgan fingerprint density at radius 2 is 1.88 bits per heavy atom. The van der Waals surface area contributed by atoms with Crippen LogP contribution in [0.3, 0.4) is 0 Å². The van der Waals surface area contributed by atoms with Gasteiger partial charge in [0.1, 0.15) is 11.5 Å². The van der Waals surface area contributed by atoms with Crippen LogP contribution in [0.15, 0.2) is 47.1 Å². The molecule has 1 N–H and O–H groups in total. The largest absolute Gasteiger partial charge is 0.495 e. The van der Waals surface area contributed by atoms with Gasteiger partial charge in [-0.2, -0.15) is 0 Å². The molecule has 0 radical (unpaired) electrons. The van der Waals surface area contributed by atoms with Gasteiger partial charge in [0.05, 0.1) is 25.0 Å². The number of anilines is 1. The van der Waals surface area contributed by atoms with E-state index < -0.39 is 0 Å². The van der Waals surface area contributed by atoms with Gasteiger partial charge in [0, 0.05) is 23.0 Å². The summed E-state index contributed by atoms with van der Waals surface area (Å²) in [6.45, 7) is 5.96. The van der Waals surface area contributed by atoms with E-state index in [0.717, 1.165) is 34.0 Å². The van der Waals surface area contributed by atoms with Gasteiger partial charge in [-0.05, 0) is 51.1 Å². The van der Waals surface area contributed by atoms with E-state index in [2.05, 4.69) is 22.2 Å². The summed E-state index contributed by atoms with van der Waals surface area (Å²) >= 11 is 0. The monoisotopic (exact) mass is 323 g/mol. The predicted octanol–water partition coefficient (Wildman–Crippen LogP) is 4.54. The van der Waals surface area contributed by atoms with Crippen molar-refractivity contribution >= 4 is 5.69 Å². The van der Waals surface area contributed by atoms with Gasteiger partial charge in [0.25, 0.3) is 0 Å². The zero-order chi connectivity index (χ0) is 17.1. The normalized spacial score (nSPS) is 12.0. The fourth-order valence-electron chi connectivity index (χ4n) is 2.55. The smallest absolute Gasteiger partial charge is 0.226 e. The zero-order valence-corrected chi connectivity index (χ0v) is 14.3. The maximum absolute atomic E-state index is 5.67. The van der Waals surface area contributed by atoms with Gasteiger partial charge < -0.3 is 14.5 Å². The van der Waals surface area contributed by atoms with Crippen molar-refractivity contribution in [2.75, 3.05) is 12.4 Å². The van der Waals surface area contributed by atoms with Crippen LogP contribution in [0, 0.1) is 13.8 Å². The number of aromatic nitrogens is 2. The molecule has 3 rings (SSSR count). The van der Waals surface area contributed by atoms with Crippen molar-refractivity contribution in [2.45, 2.75) is 26.8 Å². The van der Waals surface area contributed by atoms with Crippen LogP contribution < -0.4 is 10.1 Å². The van der Waals surface area contributed by atoms with Crippen molar-refractivity contribution in [3.8, 4) is 17.2 Å². The topological polar surface area (TPSA) is 60.2 Å². The molecular weight excluding hydrogens is 302 g/mol. The highest BCUT2D eigenvalue weighted by Gasteiger charge is 2.12. The number of pyridine rings is 1. The average molecular weight is 323 g/mol. The number of aryl methyl sites for hydroxylation is 2. The molecule has 0 saturated carbocycles. The number of nitrogens with zero attached hydrogens (tertiary/aromatic N) is 2. The third-order valence-corrected chi connectivity index (χ3v) is 4.05. The summed E-state index contributed by atoms with van der Waals surface area (Å²) in [5.74, 6) is 2.28. The molecule has 3 aromatic rings. The van der Waals surface area contributed by atoms with Crippen LogP contribution in [0.1, 0.15) is 30.0 Å². The lowest BCUT2D eigenvalue weighted by Gasteiger charge is -2.18. The number of ether oxygens (including phenoxy) is 1. The molecule has 0 aliphatic rings. The second-order valence-corrected chi connectivity index (χ2v) is 5.72. The lowest BCUT2D eigenvalue weighted by atomic mass is 10.1. The number of benzene rings is 1. The SMILES string of the molecule is COc1cnccc1C(C)Nc1ccc(-c2nc(C)c(C)o2)cc1. The summed E-state index contributed by atoms with van der Waals surface area (Å²) in [7, 11) is 1.66. The summed E-state index contributed by atoms with van der Waals surface area (Å²) < 4.78 is 11.0. The van der Waals surface area contributed by atoms with Crippen LogP contribution in [0.4, 0.5) is 5.69 Å². The third kappa shape index (κ3) is 3.25. The standard InChI is InChI=1S/C19H21N3O2/c1-12-14(3)24-19(22-12)15-5-7-16(8-6-15)21-13(2)17-9-10-20-11-18(17)23-4/h5-11,13,21H,1-4H3. The van der Waals surface area contributed by atoms with Gasteiger partial charge in [-0.3, -0.25) is 4.98 Å². The Morgan fingerprint density at radius 1 is 1.12 bits per heavy atom. The van der Waals surface area contributed by atoms with E-state index in [1.807, 2.05) is 44.2 Å². The second-order valence-electron chi connectivity index (χ2n) is 5.72. The Morgan fingerprint density at radius 3 is 2.50 bits per heavy atom. The first-order valence-electron chi connectivity index (χ1n) is 7.87. The molecule has 124 valence electrons. The molecular formula is C19H21N3O2. The van der Waals surface area contributed by atoms with Crippen LogP contribution in [0.5, 0.6) is 5.75 Å². The fourth-order valence-corrected chi connectivity index (χ4v) is 2.55. The summed E-state index contributed by atoms with van der Waals surface area (Å²) in [6, 6.07) is 10.1. The molecule has 5 nitrogen and oxygen atoms in total. The Kier molecular flexibility index (Phi) is 4.51. The molecule has 1 atom stereocenters. The van der Waals surface area contributed by atoms with E-state index in [1.165, 1.54) is 0 Å². The second kappa shape index (κ2) is 6.74. The van der Waals surface area contributed by atoms with Gasteiger partial charge >= 0.3 is 0 Å². The van der Waals surface area contributed by atoms with E-state index in [-0.39, 0.29) is 6.04 Å². The summed E-state index contributed by atoms with van der Waals surface area (Å²) in [6.07, 6.45) is 3.50. The summed E-state index contributed by atoms with van der Waals surface area (Å²) in [4.78, 5) is 8.52. The molecule has 0 fully saturated rings. The van der Waals surface area contributed by atoms with Crippen molar-refractivity contribution in [3.05, 3.63) is 59.7 Å². The van der Waals surface area contributed by atoms with E-state index in [4.69, 9.17) is 9.15 Å². The Hall–Kier alpha value is -2.82. The molecule has 2 aromatic heterocycles. The molecule has 0 bridgehead atoms. The average Bonchev–Trinajstić information content (AvgIpc) is 2.94. The zero-order valence-electron chi connectivity index (χ0n) is 14.3. The van der Waals surface area contributed by atoms with Crippen molar-refractivity contribution in [1.29, 1.82) is 0 Å². The fraction of sp³-hybridized carbons (Fsp3) is 0.263. The van der Waals surface area contributed by atoms with Crippen molar-refractivity contribution < 1.29 is 9.15 Å². The number of rotatable bonds is 5. The number of hydrogen-bond acceptors (Lipinski definition) is 5. The van der Waals surface area contributed by atoms with Crippen LogP contribution in [0.2, 0.25) is 0 Å². The Bertz CT molecular complexity index is 805. The molecule has 24 heavy (non-hydrogen) atoms. The highest BCUT2D eigenvalue weighted by atomic mass is 16.5. The molecule has 5 heteroatoms. The lowest BCUT2D eigenvalue weighted by molar-refractivity contribution is 0.406. The van der Waals surface area contributed by atoms with Gasteiger partial charge in [0.2, 0.25) is 5.89 Å². The molecule has 2 heterocycles. The number of nitrogens with one attached hydrogen (secondary N) is 1. The maximum atomic E-state index is 5.67. The first-order valence-corrected chi connectivity index (χ1v) is 7.87. The van der Waals surface area contributed by atoms with E-state index >= 15 is 0 Å². The number of methoxy groups -OCH3 is 1. The van der Waals surface area contributed by atoms with E-state index in [9.17, 15) is 0 Å². The third-order valence-electron chi connectivity index (χ3n) is 4.05. The van der Waals surface area contributed by atoms with Crippen LogP contribution in [-0.2, 0) is 0 Å². The number of hydrogen-bond donors (Lipinski definition) is 1. The highest BCUT2D eigenvalue weighted by molar-refractivity contribution is 5.59. The molecule has 1 unspecified atom stereocenters. The van der Waals surface area contributed by atoms with Gasteiger partial charge in [-0.1, -0.05) is 0 Å². The van der Waals surface area contributed by atoms with Crippen molar-refractivity contribution in [2.24, 2.45) is 0 Å². The Labute approximate surface area is 141 Å². The quantitative estimate of drug-likeness (QED) is 0.747. The van der Waals surface area contributed by atoms with E-state index in [1.54, 1.807) is 19.5 Å². The van der Waals surface area contributed by atoms with Crippen LogP contribution >= 0.6 is 0 Å². The molecule has 0 aliphatic heterocycles. The van der Waals surface area contributed by atoms with Crippen molar-refractivity contribution in [3.63, 3.8) is 0 Å². The summed E-state index contributed by atoms with van der Waals surface area (Å²) in [5, 5.41) is 3.47. The lowest BCUT2D eigenvalue weighted by Crippen LogP contribution is -2.08. The molecule has 0 spiro atoms. The van der Waals surface area contributed by atoms with Gasteiger partial charge in [-0.25, -0.2) is 4.98 Å². The Balaban J connectivity index is 1.76.